The van der Waals surface area contributed by atoms with Gasteiger partial charge >= 0.3 is 6.18 Å². The summed E-state index contributed by atoms with van der Waals surface area (Å²) in [6, 6.07) is 1.96. The van der Waals surface area contributed by atoms with Crippen molar-refractivity contribution in [3.05, 3.63) is 23.0 Å². The van der Waals surface area contributed by atoms with E-state index in [1.54, 1.807) is 0 Å². The molecule has 1 aromatic carbocycles. The third-order valence-corrected chi connectivity index (χ3v) is 2.19. The van der Waals surface area contributed by atoms with Crippen molar-refractivity contribution in [1.82, 2.24) is 0 Å². The Morgan fingerprint density at radius 2 is 1.94 bits per heavy atom. The molecule has 0 amide bonds. The second-order valence-electron chi connectivity index (χ2n) is 3.30. The lowest BCUT2D eigenvalue weighted by molar-refractivity contribution is -0.119. The summed E-state index contributed by atoms with van der Waals surface area (Å²) in [4.78, 5) is 0.862. The van der Waals surface area contributed by atoms with Crippen LogP contribution in [0.5, 0.6) is 0 Å². The molecular formula is C9H9ClF4N2. The molecule has 2 N–H and O–H groups in total. The Morgan fingerprint density at radius 1 is 1.38 bits per heavy atom. The highest BCUT2D eigenvalue weighted by Crippen LogP contribution is 2.30. The summed E-state index contributed by atoms with van der Waals surface area (Å²) in [5.74, 6) is -0.761. The number of halogens is 5. The van der Waals surface area contributed by atoms with Crippen molar-refractivity contribution >= 4 is 23.0 Å². The summed E-state index contributed by atoms with van der Waals surface area (Å²) in [6.45, 7) is -1.18. The van der Waals surface area contributed by atoms with Crippen molar-refractivity contribution in [2.24, 2.45) is 0 Å². The molecule has 0 saturated carbocycles. The van der Waals surface area contributed by atoms with Gasteiger partial charge in [-0.3, -0.25) is 0 Å². The molecule has 0 spiro atoms. The number of alkyl halides is 3. The SMILES string of the molecule is CN(CC(F)(F)F)c1cc(Cl)c(F)cc1N. The molecule has 0 aliphatic rings. The largest absolute Gasteiger partial charge is 0.405 e. The second-order valence-corrected chi connectivity index (χ2v) is 3.70. The molecule has 0 unspecified atom stereocenters. The summed E-state index contributed by atoms with van der Waals surface area (Å²) in [5, 5.41) is -0.266. The molecule has 1 rings (SSSR count). The highest BCUT2D eigenvalue weighted by Gasteiger charge is 2.30. The van der Waals surface area contributed by atoms with E-state index in [4.69, 9.17) is 17.3 Å². The van der Waals surface area contributed by atoms with E-state index in [9.17, 15) is 17.6 Å². The van der Waals surface area contributed by atoms with Gasteiger partial charge in [-0.15, -0.1) is 0 Å². The van der Waals surface area contributed by atoms with E-state index in [1.165, 1.54) is 7.05 Å². The molecule has 0 heterocycles. The maximum absolute atomic E-state index is 12.9. The maximum atomic E-state index is 12.9. The highest BCUT2D eigenvalue weighted by atomic mass is 35.5. The summed E-state index contributed by atoms with van der Waals surface area (Å²) in [7, 11) is 1.20. The van der Waals surface area contributed by atoms with Gasteiger partial charge in [0, 0.05) is 13.1 Å². The molecule has 16 heavy (non-hydrogen) atoms. The Bertz CT molecular complexity index is 392. The van der Waals surface area contributed by atoms with Gasteiger partial charge in [0.2, 0.25) is 0 Å². The zero-order valence-corrected chi connectivity index (χ0v) is 9.03. The van der Waals surface area contributed by atoms with E-state index in [2.05, 4.69) is 0 Å². The van der Waals surface area contributed by atoms with Crippen molar-refractivity contribution < 1.29 is 17.6 Å². The van der Waals surface area contributed by atoms with Crippen molar-refractivity contribution in [3.63, 3.8) is 0 Å². The summed E-state index contributed by atoms with van der Waals surface area (Å²) in [6.07, 6.45) is -4.36. The minimum absolute atomic E-state index is 0.0451. The lowest BCUT2D eigenvalue weighted by atomic mass is 10.2. The quantitative estimate of drug-likeness (QED) is 0.651. The van der Waals surface area contributed by atoms with E-state index in [0.29, 0.717) is 0 Å². The number of benzene rings is 1. The van der Waals surface area contributed by atoms with E-state index in [0.717, 1.165) is 17.0 Å². The normalized spacial score (nSPS) is 11.6. The fourth-order valence-corrected chi connectivity index (χ4v) is 1.39. The molecule has 0 saturated heterocycles. The summed E-state index contributed by atoms with van der Waals surface area (Å²) in [5.41, 5.74) is 5.36. The minimum Gasteiger partial charge on any atom is -0.397 e. The molecule has 0 bridgehead atoms. The fourth-order valence-electron chi connectivity index (χ4n) is 1.24. The van der Waals surface area contributed by atoms with Gasteiger partial charge in [-0.1, -0.05) is 11.6 Å². The Kier molecular flexibility index (Phi) is 3.52. The smallest absolute Gasteiger partial charge is 0.397 e. The zero-order chi connectivity index (χ0) is 12.5. The van der Waals surface area contributed by atoms with Crippen LogP contribution in [0, 0.1) is 5.82 Å². The Hall–Kier alpha value is -1.17. The van der Waals surface area contributed by atoms with Gasteiger partial charge in [0.25, 0.3) is 0 Å². The minimum atomic E-state index is -4.36. The first-order chi connectivity index (χ1) is 7.20. The van der Waals surface area contributed by atoms with E-state index >= 15 is 0 Å². The predicted molar refractivity (Wildman–Crippen MR) is 55.1 cm³/mol. The van der Waals surface area contributed by atoms with Gasteiger partial charge in [0.1, 0.15) is 12.4 Å². The molecule has 1 aromatic rings. The van der Waals surface area contributed by atoms with Crippen LogP contribution in [0.3, 0.4) is 0 Å². The van der Waals surface area contributed by atoms with Gasteiger partial charge < -0.3 is 10.6 Å². The first-order valence-corrected chi connectivity index (χ1v) is 4.61. The van der Waals surface area contributed by atoms with Crippen molar-refractivity contribution in [3.8, 4) is 0 Å². The number of rotatable bonds is 2. The van der Waals surface area contributed by atoms with Crippen molar-refractivity contribution in [2.45, 2.75) is 6.18 Å². The second kappa shape index (κ2) is 4.37. The molecule has 0 aromatic heterocycles. The van der Waals surface area contributed by atoms with Gasteiger partial charge in [0.05, 0.1) is 16.4 Å². The van der Waals surface area contributed by atoms with Gasteiger partial charge in [-0.2, -0.15) is 13.2 Å². The lowest BCUT2D eigenvalue weighted by Gasteiger charge is -2.22. The average molecular weight is 257 g/mol. The van der Waals surface area contributed by atoms with Crippen LogP contribution in [0.25, 0.3) is 0 Å². The molecule has 7 heteroatoms. The average Bonchev–Trinajstić information content (AvgIpc) is 2.08. The number of anilines is 2. The fraction of sp³-hybridized carbons (Fsp3) is 0.333. The molecule has 0 aliphatic carbocycles. The van der Waals surface area contributed by atoms with Crippen LogP contribution in [-0.4, -0.2) is 19.8 Å². The first kappa shape index (κ1) is 12.9. The standard InChI is InChI=1S/C9H9ClF4N2/c1-16(4-9(12,13)14)8-2-5(10)6(11)3-7(8)15/h2-3H,4,15H2,1H3. The predicted octanol–water partition coefficient (Wildman–Crippen LogP) is 3.06. The van der Waals surface area contributed by atoms with Gasteiger partial charge in [0.15, 0.2) is 0 Å². The van der Waals surface area contributed by atoms with Gasteiger partial charge in [-0.05, 0) is 6.07 Å². The van der Waals surface area contributed by atoms with Crippen LogP contribution in [0.15, 0.2) is 12.1 Å². The Balaban J connectivity index is 3.00. The van der Waals surface area contributed by atoms with Crippen molar-refractivity contribution in [1.29, 1.82) is 0 Å². The molecule has 2 nitrogen and oxygen atoms in total. The highest BCUT2D eigenvalue weighted by molar-refractivity contribution is 6.31. The van der Waals surface area contributed by atoms with E-state index < -0.39 is 18.5 Å². The number of nitrogens with two attached hydrogens (primary N) is 1. The number of hydrogen-bond acceptors (Lipinski definition) is 2. The van der Waals surface area contributed by atoms with Crippen LogP contribution >= 0.6 is 11.6 Å². The Labute approximate surface area is 94.6 Å². The molecule has 0 aliphatic heterocycles. The number of hydrogen-bond donors (Lipinski definition) is 1. The molecule has 0 radical (unpaired) electrons. The Morgan fingerprint density at radius 3 is 2.44 bits per heavy atom. The monoisotopic (exact) mass is 256 g/mol. The van der Waals surface area contributed by atoms with Gasteiger partial charge in [-0.25, -0.2) is 4.39 Å². The molecule has 0 atom stereocenters. The van der Waals surface area contributed by atoms with Crippen LogP contribution in [0.2, 0.25) is 5.02 Å². The topological polar surface area (TPSA) is 29.3 Å². The third-order valence-electron chi connectivity index (χ3n) is 1.90. The maximum Gasteiger partial charge on any atom is 0.405 e. The first-order valence-electron chi connectivity index (χ1n) is 4.23. The van der Waals surface area contributed by atoms with Crippen LogP contribution in [0.1, 0.15) is 0 Å². The number of nitrogen functional groups attached to an aromatic ring is 1. The lowest BCUT2D eigenvalue weighted by Crippen LogP contribution is -2.31. The molecule has 0 fully saturated rings. The van der Waals surface area contributed by atoms with E-state index in [1.807, 2.05) is 0 Å². The van der Waals surface area contributed by atoms with Crippen molar-refractivity contribution in [2.75, 3.05) is 24.2 Å². The van der Waals surface area contributed by atoms with Crippen LogP contribution in [0.4, 0.5) is 28.9 Å². The zero-order valence-electron chi connectivity index (χ0n) is 8.28. The summed E-state index contributed by atoms with van der Waals surface area (Å²) >= 11 is 5.46. The van der Waals surface area contributed by atoms with Crippen LogP contribution < -0.4 is 10.6 Å². The molecular weight excluding hydrogens is 248 g/mol. The van der Waals surface area contributed by atoms with E-state index in [-0.39, 0.29) is 16.4 Å². The number of nitrogens with zero attached hydrogens (tertiary/aromatic N) is 1. The third kappa shape index (κ3) is 3.16. The van der Waals surface area contributed by atoms with Crippen LogP contribution in [-0.2, 0) is 0 Å². The summed E-state index contributed by atoms with van der Waals surface area (Å²) < 4.78 is 49.2. The molecule has 90 valence electrons.